The van der Waals surface area contributed by atoms with Crippen molar-refractivity contribution in [3.8, 4) is 5.69 Å². The second kappa shape index (κ2) is 6.37. The molecule has 0 unspecified atom stereocenters. The third kappa shape index (κ3) is 3.05. The molecule has 1 N–H and O–H groups in total. The average Bonchev–Trinajstić information content (AvgIpc) is 3.15. The van der Waals surface area contributed by atoms with Crippen LogP contribution < -0.4 is 4.90 Å². The van der Waals surface area contributed by atoms with Gasteiger partial charge in [-0.1, -0.05) is 11.6 Å². The molecule has 7 heteroatoms. The minimum atomic E-state index is -0.747. The molecule has 0 amide bonds. The number of carbonyl (C=O) groups is 1. The average molecular weight is 357 g/mol. The fourth-order valence-corrected chi connectivity index (χ4v) is 3.50. The number of hydrogen-bond acceptors (Lipinski definition) is 4. The zero-order chi connectivity index (χ0) is 17.4. The number of benzene rings is 1. The molecule has 4 rings (SSSR count). The standard InChI is InChI=1S/C18H17ClN4O2/c19-13-3-4-14-15(8-13)21-17(9-16(14)23-7-5-20-11-23)22-6-1-2-12(10-22)18(24)25/h3-5,7-9,11-12H,1-2,6,10H2,(H,24,25)/t12-/m1/s1. The van der Waals surface area contributed by atoms with Crippen LogP contribution in [0.2, 0.25) is 5.02 Å². The Bertz CT molecular complexity index is 926. The van der Waals surface area contributed by atoms with Gasteiger partial charge in [0, 0.05) is 42.0 Å². The number of aromatic nitrogens is 3. The van der Waals surface area contributed by atoms with Crippen LogP contribution in [-0.4, -0.2) is 38.7 Å². The van der Waals surface area contributed by atoms with Crippen molar-refractivity contribution in [2.75, 3.05) is 18.0 Å². The van der Waals surface area contributed by atoms with Gasteiger partial charge in [0.15, 0.2) is 0 Å². The van der Waals surface area contributed by atoms with Gasteiger partial charge in [-0.3, -0.25) is 4.79 Å². The summed E-state index contributed by atoms with van der Waals surface area (Å²) in [5, 5.41) is 10.9. The van der Waals surface area contributed by atoms with Crippen LogP contribution in [0.4, 0.5) is 5.82 Å². The number of aliphatic carboxylic acids is 1. The summed E-state index contributed by atoms with van der Waals surface area (Å²) in [6.45, 7) is 1.27. The van der Waals surface area contributed by atoms with E-state index in [4.69, 9.17) is 16.6 Å². The molecule has 1 aromatic carbocycles. The number of halogens is 1. The van der Waals surface area contributed by atoms with Crippen molar-refractivity contribution in [3.63, 3.8) is 0 Å². The molecule has 2 aromatic heterocycles. The van der Waals surface area contributed by atoms with Gasteiger partial charge in [0.05, 0.1) is 23.4 Å². The van der Waals surface area contributed by atoms with Gasteiger partial charge in [-0.05, 0) is 31.0 Å². The van der Waals surface area contributed by atoms with Crippen molar-refractivity contribution in [1.29, 1.82) is 0 Å². The molecule has 1 aliphatic heterocycles. The summed E-state index contributed by atoms with van der Waals surface area (Å²) in [6.07, 6.45) is 6.89. The van der Waals surface area contributed by atoms with Gasteiger partial charge in [-0.15, -0.1) is 0 Å². The molecule has 1 atom stereocenters. The first-order valence-electron chi connectivity index (χ1n) is 8.18. The normalized spacial score (nSPS) is 17.8. The summed E-state index contributed by atoms with van der Waals surface area (Å²) < 4.78 is 1.93. The summed E-state index contributed by atoms with van der Waals surface area (Å²) in [5.74, 6) is -0.338. The fourth-order valence-electron chi connectivity index (χ4n) is 3.33. The number of fused-ring (bicyclic) bond motifs is 1. The highest BCUT2D eigenvalue weighted by Gasteiger charge is 2.26. The van der Waals surface area contributed by atoms with Crippen LogP contribution in [0.15, 0.2) is 43.0 Å². The van der Waals surface area contributed by atoms with E-state index < -0.39 is 5.97 Å². The van der Waals surface area contributed by atoms with Crippen molar-refractivity contribution in [1.82, 2.24) is 14.5 Å². The second-order valence-corrected chi connectivity index (χ2v) is 6.69. The van der Waals surface area contributed by atoms with Crippen LogP contribution >= 0.6 is 11.6 Å². The third-order valence-electron chi connectivity index (χ3n) is 4.61. The molecular formula is C18H17ClN4O2. The highest BCUT2D eigenvalue weighted by molar-refractivity contribution is 6.31. The Morgan fingerprint density at radius 1 is 1.32 bits per heavy atom. The number of carboxylic acid groups (broad SMARTS) is 1. The third-order valence-corrected chi connectivity index (χ3v) is 4.85. The fraction of sp³-hybridized carbons (Fsp3) is 0.278. The van der Waals surface area contributed by atoms with Gasteiger partial charge >= 0.3 is 5.97 Å². The number of pyridine rings is 1. The molecular weight excluding hydrogens is 340 g/mol. The quantitative estimate of drug-likeness (QED) is 0.779. The van der Waals surface area contributed by atoms with Crippen molar-refractivity contribution in [3.05, 3.63) is 48.0 Å². The van der Waals surface area contributed by atoms with Crippen LogP contribution in [-0.2, 0) is 4.79 Å². The first-order valence-corrected chi connectivity index (χ1v) is 8.56. The van der Waals surface area contributed by atoms with Crippen LogP contribution in [0.3, 0.4) is 0 Å². The largest absolute Gasteiger partial charge is 0.481 e. The van der Waals surface area contributed by atoms with Crippen LogP contribution in [0.5, 0.6) is 0 Å². The molecule has 0 bridgehead atoms. The van der Waals surface area contributed by atoms with Crippen molar-refractivity contribution >= 4 is 34.3 Å². The van der Waals surface area contributed by atoms with Gasteiger partial charge in [0.25, 0.3) is 0 Å². The maximum atomic E-state index is 11.4. The Labute approximate surface area is 149 Å². The number of imidazole rings is 1. The second-order valence-electron chi connectivity index (χ2n) is 6.25. The van der Waals surface area contributed by atoms with E-state index in [1.807, 2.05) is 39.9 Å². The minimum absolute atomic E-state index is 0.359. The lowest BCUT2D eigenvalue weighted by molar-refractivity contribution is -0.141. The number of carboxylic acids is 1. The van der Waals surface area contributed by atoms with Gasteiger partial charge in [0.1, 0.15) is 5.82 Å². The SMILES string of the molecule is O=C(O)[C@@H]1CCCN(c2cc(-n3ccnc3)c3ccc(Cl)cc3n2)C1. The van der Waals surface area contributed by atoms with E-state index in [0.717, 1.165) is 35.4 Å². The summed E-state index contributed by atoms with van der Waals surface area (Å²) >= 11 is 6.15. The predicted octanol–water partition coefficient (Wildman–Crippen LogP) is 3.37. The lowest BCUT2D eigenvalue weighted by Crippen LogP contribution is -2.39. The van der Waals surface area contributed by atoms with E-state index in [2.05, 4.69) is 4.98 Å². The van der Waals surface area contributed by atoms with E-state index >= 15 is 0 Å². The van der Waals surface area contributed by atoms with Gasteiger partial charge in [-0.25, -0.2) is 9.97 Å². The van der Waals surface area contributed by atoms with Crippen molar-refractivity contribution in [2.24, 2.45) is 5.92 Å². The van der Waals surface area contributed by atoms with E-state index in [0.29, 0.717) is 18.0 Å². The summed E-state index contributed by atoms with van der Waals surface area (Å²) in [4.78, 5) is 22.3. The first-order chi connectivity index (χ1) is 12.1. The van der Waals surface area contributed by atoms with E-state index in [1.54, 1.807) is 12.5 Å². The molecule has 3 aromatic rings. The number of hydrogen-bond donors (Lipinski definition) is 1. The van der Waals surface area contributed by atoms with Crippen molar-refractivity contribution in [2.45, 2.75) is 12.8 Å². The number of rotatable bonds is 3. The molecule has 0 radical (unpaired) electrons. The molecule has 0 saturated carbocycles. The molecule has 0 aliphatic carbocycles. The van der Waals surface area contributed by atoms with E-state index in [1.165, 1.54) is 0 Å². The molecule has 1 fully saturated rings. The van der Waals surface area contributed by atoms with Crippen LogP contribution in [0.25, 0.3) is 16.6 Å². The first kappa shape index (κ1) is 15.9. The summed E-state index contributed by atoms with van der Waals surface area (Å²) in [6, 6.07) is 7.61. The number of anilines is 1. The minimum Gasteiger partial charge on any atom is -0.481 e. The molecule has 1 aliphatic rings. The van der Waals surface area contributed by atoms with Gasteiger partial charge in [0.2, 0.25) is 0 Å². The monoisotopic (exact) mass is 356 g/mol. The Morgan fingerprint density at radius 3 is 2.96 bits per heavy atom. The lowest BCUT2D eigenvalue weighted by atomic mass is 9.98. The van der Waals surface area contributed by atoms with Gasteiger partial charge < -0.3 is 14.6 Å². The van der Waals surface area contributed by atoms with Crippen LogP contribution in [0, 0.1) is 5.92 Å². The smallest absolute Gasteiger partial charge is 0.308 e. The number of nitrogens with zero attached hydrogens (tertiary/aromatic N) is 4. The molecule has 128 valence electrons. The van der Waals surface area contributed by atoms with Crippen molar-refractivity contribution < 1.29 is 9.90 Å². The maximum Gasteiger partial charge on any atom is 0.308 e. The topological polar surface area (TPSA) is 71.2 Å². The Kier molecular flexibility index (Phi) is 4.05. The zero-order valence-electron chi connectivity index (χ0n) is 13.5. The maximum absolute atomic E-state index is 11.4. The molecule has 1 saturated heterocycles. The summed E-state index contributed by atoms with van der Waals surface area (Å²) in [7, 11) is 0. The van der Waals surface area contributed by atoms with Crippen LogP contribution in [0.1, 0.15) is 12.8 Å². The highest BCUT2D eigenvalue weighted by Crippen LogP contribution is 2.30. The Balaban J connectivity index is 1.83. The summed E-state index contributed by atoms with van der Waals surface area (Å²) in [5.41, 5.74) is 1.73. The molecule has 3 heterocycles. The van der Waals surface area contributed by atoms with Gasteiger partial charge in [-0.2, -0.15) is 0 Å². The lowest BCUT2D eigenvalue weighted by Gasteiger charge is -2.32. The molecule has 25 heavy (non-hydrogen) atoms. The number of piperidine rings is 1. The molecule has 0 spiro atoms. The highest BCUT2D eigenvalue weighted by atomic mass is 35.5. The van der Waals surface area contributed by atoms with E-state index in [9.17, 15) is 9.90 Å². The Morgan fingerprint density at radius 2 is 2.20 bits per heavy atom. The Hall–Kier alpha value is -2.60. The molecule has 6 nitrogen and oxygen atoms in total. The zero-order valence-corrected chi connectivity index (χ0v) is 14.2. The predicted molar refractivity (Wildman–Crippen MR) is 96.4 cm³/mol. The van der Waals surface area contributed by atoms with E-state index in [-0.39, 0.29) is 5.92 Å².